The Morgan fingerprint density at radius 2 is 1.67 bits per heavy atom. The minimum atomic E-state index is -0.645. The van der Waals surface area contributed by atoms with Gasteiger partial charge in [0.05, 0.1) is 12.7 Å². The molecule has 0 bridgehead atoms. The van der Waals surface area contributed by atoms with E-state index in [9.17, 15) is 5.11 Å². The molecule has 0 aliphatic rings. The lowest BCUT2D eigenvalue weighted by atomic mass is 10.1. The smallest absolute Gasteiger partial charge is 0.0897 e. The van der Waals surface area contributed by atoms with Crippen molar-refractivity contribution in [3.8, 4) is 0 Å². The van der Waals surface area contributed by atoms with Gasteiger partial charge in [0.25, 0.3) is 0 Å². The predicted octanol–water partition coefficient (Wildman–Crippen LogP) is 3.20. The second-order valence-electron chi connectivity index (χ2n) is 5.82. The summed E-state index contributed by atoms with van der Waals surface area (Å²) in [7, 11) is 0. The van der Waals surface area contributed by atoms with Gasteiger partial charge < -0.3 is 10.2 Å². The van der Waals surface area contributed by atoms with E-state index in [1.807, 2.05) is 18.2 Å². The molecule has 21 heavy (non-hydrogen) atoms. The van der Waals surface area contributed by atoms with Gasteiger partial charge in [-0.25, -0.2) is 0 Å². The highest BCUT2D eigenvalue weighted by molar-refractivity contribution is 5.14. The number of aliphatic hydroxyl groups is 2. The molecule has 0 radical (unpaired) electrons. The molecule has 0 saturated heterocycles. The molecule has 0 aromatic heterocycles. The molecular weight excluding hydrogens is 262 g/mol. The van der Waals surface area contributed by atoms with Gasteiger partial charge >= 0.3 is 0 Å². The van der Waals surface area contributed by atoms with Gasteiger partial charge in [-0.3, -0.25) is 4.90 Å². The molecule has 1 aromatic carbocycles. The van der Waals surface area contributed by atoms with Gasteiger partial charge in [0.1, 0.15) is 0 Å². The quantitative estimate of drug-likeness (QED) is 0.582. The van der Waals surface area contributed by atoms with Crippen molar-refractivity contribution in [2.45, 2.75) is 58.1 Å². The average molecular weight is 293 g/mol. The fourth-order valence-electron chi connectivity index (χ4n) is 2.55. The molecule has 0 aliphatic heterocycles. The summed E-state index contributed by atoms with van der Waals surface area (Å²) in [5.74, 6) is 0. The highest BCUT2D eigenvalue weighted by atomic mass is 16.3. The minimum absolute atomic E-state index is 0.165. The molecule has 1 unspecified atom stereocenters. The van der Waals surface area contributed by atoms with Crippen molar-refractivity contribution in [1.82, 2.24) is 4.90 Å². The Morgan fingerprint density at radius 3 is 2.33 bits per heavy atom. The number of rotatable bonds is 12. The Bertz CT molecular complexity index is 342. The molecule has 0 spiro atoms. The normalized spacial score (nSPS) is 12.8. The maximum absolute atomic E-state index is 9.69. The van der Waals surface area contributed by atoms with E-state index in [0.29, 0.717) is 6.54 Å². The van der Waals surface area contributed by atoms with Crippen molar-refractivity contribution in [3.05, 3.63) is 35.9 Å². The number of hydrogen-bond donors (Lipinski definition) is 2. The lowest BCUT2D eigenvalue weighted by molar-refractivity contribution is 0.0561. The second kappa shape index (κ2) is 11.7. The molecule has 0 aliphatic carbocycles. The van der Waals surface area contributed by atoms with Crippen LogP contribution in [0.25, 0.3) is 0 Å². The highest BCUT2D eigenvalue weighted by Crippen LogP contribution is 2.09. The summed E-state index contributed by atoms with van der Waals surface area (Å²) in [4.78, 5) is 2.25. The van der Waals surface area contributed by atoms with Crippen molar-refractivity contribution in [3.63, 3.8) is 0 Å². The van der Waals surface area contributed by atoms with Gasteiger partial charge in [0, 0.05) is 13.1 Å². The Labute approximate surface area is 129 Å². The first-order chi connectivity index (χ1) is 10.3. The number of aliphatic hydroxyl groups excluding tert-OH is 2. The first-order valence-corrected chi connectivity index (χ1v) is 8.31. The first-order valence-electron chi connectivity index (χ1n) is 8.31. The van der Waals surface area contributed by atoms with Crippen LogP contribution in [0.1, 0.15) is 51.0 Å². The van der Waals surface area contributed by atoms with Crippen molar-refractivity contribution < 1.29 is 10.2 Å². The maximum atomic E-state index is 9.69. The highest BCUT2D eigenvalue weighted by Gasteiger charge is 2.11. The van der Waals surface area contributed by atoms with Crippen LogP contribution in [0.3, 0.4) is 0 Å². The summed E-state index contributed by atoms with van der Waals surface area (Å²) in [5.41, 5.74) is 1.26. The van der Waals surface area contributed by atoms with Crippen LogP contribution in [0.2, 0.25) is 0 Å². The molecule has 2 N–H and O–H groups in total. The zero-order valence-electron chi connectivity index (χ0n) is 13.4. The van der Waals surface area contributed by atoms with E-state index in [0.717, 1.165) is 19.5 Å². The molecule has 1 aromatic rings. The van der Waals surface area contributed by atoms with E-state index >= 15 is 0 Å². The van der Waals surface area contributed by atoms with E-state index in [-0.39, 0.29) is 6.61 Å². The topological polar surface area (TPSA) is 43.7 Å². The molecule has 0 saturated carbocycles. The summed E-state index contributed by atoms with van der Waals surface area (Å²) >= 11 is 0. The lowest BCUT2D eigenvalue weighted by Crippen LogP contribution is -2.34. The van der Waals surface area contributed by atoms with E-state index < -0.39 is 6.10 Å². The fraction of sp³-hybridized carbons (Fsp3) is 0.667. The number of benzene rings is 1. The molecule has 1 rings (SSSR count). The molecular formula is C18H31NO2. The SMILES string of the molecule is CCCCCCCCN(Cc1ccccc1)CC(O)CO. The van der Waals surface area contributed by atoms with Gasteiger partial charge in [-0.15, -0.1) is 0 Å². The third-order valence-electron chi connectivity index (χ3n) is 3.76. The third kappa shape index (κ3) is 8.86. The van der Waals surface area contributed by atoms with Crippen molar-refractivity contribution in [2.24, 2.45) is 0 Å². The summed E-state index contributed by atoms with van der Waals surface area (Å²) in [6, 6.07) is 10.3. The molecule has 0 amide bonds. The van der Waals surface area contributed by atoms with Gasteiger partial charge in [-0.2, -0.15) is 0 Å². The van der Waals surface area contributed by atoms with Crippen molar-refractivity contribution >= 4 is 0 Å². The van der Waals surface area contributed by atoms with Crippen LogP contribution >= 0.6 is 0 Å². The number of unbranched alkanes of at least 4 members (excludes halogenated alkanes) is 5. The zero-order chi connectivity index (χ0) is 15.3. The van der Waals surface area contributed by atoms with Crippen molar-refractivity contribution in [1.29, 1.82) is 0 Å². The van der Waals surface area contributed by atoms with E-state index in [1.165, 1.54) is 37.7 Å². The summed E-state index contributed by atoms with van der Waals surface area (Å²) in [5, 5.41) is 18.7. The summed E-state index contributed by atoms with van der Waals surface area (Å²) < 4.78 is 0. The van der Waals surface area contributed by atoms with Gasteiger partial charge in [0.2, 0.25) is 0 Å². The van der Waals surface area contributed by atoms with Crippen LogP contribution in [0, 0.1) is 0 Å². The van der Waals surface area contributed by atoms with Crippen LogP contribution in [-0.4, -0.2) is 40.9 Å². The number of hydrogen-bond acceptors (Lipinski definition) is 3. The van der Waals surface area contributed by atoms with Gasteiger partial charge in [0.15, 0.2) is 0 Å². The maximum Gasteiger partial charge on any atom is 0.0897 e. The summed E-state index contributed by atoms with van der Waals surface area (Å²) in [6.07, 6.45) is 7.01. The molecule has 0 heterocycles. The molecule has 3 nitrogen and oxygen atoms in total. The minimum Gasteiger partial charge on any atom is -0.394 e. The Hall–Kier alpha value is -0.900. The molecule has 1 atom stereocenters. The van der Waals surface area contributed by atoms with Gasteiger partial charge in [-0.1, -0.05) is 69.4 Å². The predicted molar refractivity (Wildman–Crippen MR) is 88.2 cm³/mol. The number of nitrogens with zero attached hydrogens (tertiary/aromatic N) is 1. The standard InChI is InChI=1S/C18H31NO2/c1-2-3-4-5-6-10-13-19(15-18(21)16-20)14-17-11-8-7-9-12-17/h7-9,11-12,18,20-21H,2-6,10,13-16H2,1H3. The van der Waals surface area contributed by atoms with Crippen LogP contribution in [0.15, 0.2) is 30.3 Å². The molecule has 120 valence electrons. The lowest BCUT2D eigenvalue weighted by Gasteiger charge is -2.24. The fourth-order valence-corrected chi connectivity index (χ4v) is 2.55. The van der Waals surface area contributed by atoms with E-state index in [2.05, 4.69) is 24.0 Å². The van der Waals surface area contributed by atoms with Crippen LogP contribution < -0.4 is 0 Å². The average Bonchev–Trinajstić information content (AvgIpc) is 2.51. The van der Waals surface area contributed by atoms with Crippen LogP contribution in [0.4, 0.5) is 0 Å². The van der Waals surface area contributed by atoms with Crippen LogP contribution in [0.5, 0.6) is 0 Å². The first kappa shape index (κ1) is 18.1. The van der Waals surface area contributed by atoms with Gasteiger partial charge in [-0.05, 0) is 18.5 Å². The van der Waals surface area contributed by atoms with Crippen LogP contribution in [-0.2, 0) is 6.54 Å². The van der Waals surface area contributed by atoms with Crippen molar-refractivity contribution in [2.75, 3.05) is 19.7 Å². The second-order valence-corrected chi connectivity index (χ2v) is 5.82. The Kier molecular flexibility index (Phi) is 10.1. The summed E-state index contributed by atoms with van der Waals surface area (Å²) in [6.45, 7) is 4.44. The zero-order valence-corrected chi connectivity index (χ0v) is 13.4. The third-order valence-corrected chi connectivity index (χ3v) is 3.76. The van der Waals surface area contributed by atoms with E-state index in [1.54, 1.807) is 0 Å². The Balaban J connectivity index is 2.34. The van der Waals surface area contributed by atoms with E-state index in [4.69, 9.17) is 5.11 Å². The molecule has 3 heteroatoms. The largest absolute Gasteiger partial charge is 0.394 e. The molecule has 0 fully saturated rings. The Morgan fingerprint density at radius 1 is 1.00 bits per heavy atom. The monoisotopic (exact) mass is 293 g/mol.